The maximum absolute atomic E-state index is 13.7. The van der Waals surface area contributed by atoms with E-state index in [9.17, 15) is 22.8 Å². The molecule has 2 aromatic heterocycles. The van der Waals surface area contributed by atoms with Crippen molar-refractivity contribution in [3.05, 3.63) is 63.2 Å². The Balaban J connectivity index is 0.00000237. The minimum Gasteiger partial charge on any atom is -0.493 e. The number of nitrogens with zero attached hydrogens (tertiary/aromatic N) is 4. The first-order chi connectivity index (χ1) is 20.1. The molecule has 0 atom stereocenters. The number of amides is 1. The number of carbonyl (C=O) groups excluding carboxylic acids is 1. The Kier molecular flexibility index (Phi) is 12.1. The number of alkyl halides is 3. The number of benzene rings is 1. The number of thioether (sulfide) groups is 1. The number of hydrogen-bond donors (Lipinski definition) is 0. The summed E-state index contributed by atoms with van der Waals surface area (Å²) in [6, 6.07) is 6.70. The van der Waals surface area contributed by atoms with Crippen LogP contribution in [0.5, 0.6) is 11.5 Å². The normalized spacial score (nSPS) is 13.3. The van der Waals surface area contributed by atoms with Crippen LogP contribution in [0.3, 0.4) is 0 Å². The lowest BCUT2D eigenvalue weighted by molar-refractivity contribution is -0.141. The highest BCUT2D eigenvalue weighted by atomic mass is 35.5. The van der Waals surface area contributed by atoms with Crippen molar-refractivity contribution in [3.8, 4) is 22.8 Å². The van der Waals surface area contributed by atoms with Crippen molar-refractivity contribution in [2.24, 2.45) is 0 Å². The van der Waals surface area contributed by atoms with Crippen LogP contribution in [0.1, 0.15) is 50.8 Å². The van der Waals surface area contributed by atoms with E-state index in [4.69, 9.17) is 21.1 Å². The fourth-order valence-electron chi connectivity index (χ4n) is 4.32. The molecule has 3 heterocycles. The molecule has 13 heteroatoms. The van der Waals surface area contributed by atoms with Crippen LogP contribution in [0, 0.1) is 0 Å². The standard InChI is InChI=1S/C27H28ClF3N4O4S.C2H6/c1-38-21-12-18(19(28)13-22(21)39-2)16-35-15-17(6-7-24(35)36)20-14-23(27(29,30)31)33-26(32-20)40-11-8-25(37)34-9-4-3-5-10-34;1-2/h6-7,12-15H,3-5,8-11,16H2,1-2H3;1-2H3. The zero-order valence-corrected chi connectivity index (χ0v) is 25.5. The molecule has 1 aliphatic heterocycles. The fourth-order valence-corrected chi connectivity index (χ4v) is 5.32. The van der Waals surface area contributed by atoms with Gasteiger partial charge in [-0.1, -0.05) is 37.2 Å². The number of hydrogen-bond acceptors (Lipinski definition) is 7. The number of likely N-dealkylation sites (tertiary alicyclic amines) is 1. The number of ether oxygens (including phenoxy) is 2. The Hall–Kier alpha value is -3.25. The molecular weight excluding hydrogens is 593 g/mol. The summed E-state index contributed by atoms with van der Waals surface area (Å²) in [5.74, 6) is 1.05. The summed E-state index contributed by atoms with van der Waals surface area (Å²) in [6.45, 7) is 5.44. The molecule has 0 saturated carbocycles. The van der Waals surface area contributed by atoms with Gasteiger partial charge in [0.2, 0.25) is 5.91 Å². The molecule has 1 saturated heterocycles. The summed E-state index contributed by atoms with van der Waals surface area (Å²) in [6.07, 6.45) is -0.103. The summed E-state index contributed by atoms with van der Waals surface area (Å²) in [7, 11) is 2.94. The summed E-state index contributed by atoms with van der Waals surface area (Å²) in [5.41, 5.74) is -0.657. The maximum atomic E-state index is 13.7. The van der Waals surface area contributed by atoms with Crippen molar-refractivity contribution >= 4 is 29.3 Å². The third-order valence-corrected chi connectivity index (χ3v) is 7.63. The second-order valence-corrected chi connectivity index (χ2v) is 10.6. The van der Waals surface area contributed by atoms with Gasteiger partial charge in [-0.3, -0.25) is 9.59 Å². The van der Waals surface area contributed by atoms with E-state index in [0.717, 1.165) is 37.1 Å². The number of halogens is 4. The van der Waals surface area contributed by atoms with E-state index in [0.29, 0.717) is 35.2 Å². The van der Waals surface area contributed by atoms with Gasteiger partial charge in [-0.25, -0.2) is 9.97 Å². The first kappa shape index (κ1) is 33.3. The summed E-state index contributed by atoms with van der Waals surface area (Å²) in [4.78, 5) is 34.9. The zero-order valence-electron chi connectivity index (χ0n) is 24.0. The average molecular weight is 627 g/mol. The van der Waals surface area contributed by atoms with E-state index < -0.39 is 11.9 Å². The molecule has 42 heavy (non-hydrogen) atoms. The highest BCUT2D eigenvalue weighted by Crippen LogP contribution is 2.34. The lowest BCUT2D eigenvalue weighted by atomic mass is 10.1. The second kappa shape index (κ2) is 15.3. The van der Waals surface area contributed by atoms with Crippen molar-refractivity contribution in [3.63, 3.8) is 0 Å². The van der Waals surface area contributed by atoms with Crippen molar-refractivity contribution in [2.75, 3.05) is 33.1 Å². The van der Waals surface area contributed by atoms with Gasteiger partial charge in [0, 0.05) is 54.2 Å². The van der Waals surface area contributed by atoms with Crippen LogP contribution in [-0.4, -0.2) is 58.4 Å². The van der Waals surface area contributed by atoms with Crippen LogP contribution in [-0.2, 0) is 17.5 Å². The van der Waals surface area contributed by atoms with Gasteiger partial charge in [0.25, 0.3) is 5.56 Å². The second-order valence-electron chi connectivity index (χ2n) is 9.14. The molecule has 1 amide bonds. The molecule has 0 unspecified atom stereocenters. The molecule has 0 aliphatic carbocycles. The molecule has 4 rings (SSSR count). The lowest BCUT2D eigenvalue weighted by Gasteiger charge is -2.26. The molecule has 8 nitrogen and oxygen atoms in total. The van der Waals surface area contributed by atoms with Gasteiger partial charge in [0.15, 0.2) is 16.7 Å². The van der Waals surface area contributed by atoms with E-state index in [1.807, 2.05) is 13.8 Å². The topological polar surface area (TPSA) is 86.6 Å². The Labute approximate surface area is 252 Å². The zero-order chi connectivity index (χ0) is 30.9. The first-order valence-electron chi connectivity index (χ1n) is 13.6. The number of aromatic nitrogens is 3. The molecule has 0 radical (unpaired) electrons. The van der Waals surface area contributed by atoms with E-state index in [-0.39, 0.29) is 46.6 Å². The van der Waals surface area contributed by atoms with E-state index in [1.165, 1.54) is 37.1 Å². The first-order valence-corrected chi connectivity index (χ1v) is 14.9. The van der Waals surface area contributed by atoms with Crippen LogP contribution < -0.4 is 15.0 Å². The number of rotatable bonds is 9. The van der Waals surface area contributed by atoms with Crippen LogP contribution in [0.2, 0.25) is 5.02 Å². The quantitative estimate of drug-likeness (QED) is 0.196. The van der Waals surface area contributed by atoms with Crippen LogP contribution >= 0.6 is 23.4 Å². The van der Waals surface area contributed by atoms with Crippen molar-refractivity contribution in [1.29, 1.82) is 0 Å². The average Bonchev–Trinajstić information content (AvgIpc) is 2.99. The SMILES string of the molecule is CC.COc1cc(Cl)c(Cn2cc(-c3cc(C(F)(F)F)nc(SCCC(=O)N4CCCCC4)n3)ccc2=O)cc1OC. The largest absolute Gasteiger partial charge is 0.493 e. The van der Waals surface area contributed by atoms with Gasteiger partial charge in [0.05, 0.1) is 26.5 Å². The molecule has 1 aliphatic rings. The molecular formula is C29H34ClF3N4O4S. The number of piperidine rings is 1. The van der Waals surface area contributed by atoms with Gasteiger partial charge < -0.3 is 18.9 Å². The lowest BCUT2D eigenvalue weighted by Crippen LogP contribution is -2.35. The molecule has 1 fully saturated rings. The predicted molar refractivity (Wildman–Crippen MR) is 158 cm³/mol. The summed E-state index contributed by atoms with van der Waals surface area (Å²) >= 11 is 7.37. The van der Waals surface area contributed by atoms with E-state index in [2.05, 4.69) is 9.97 Å². The van der Waals surface area contributed by atoms with Crippen molar-refractivity contribution < 1.29 is 27.4 Å². The maximum Gasteiger partial charge on any atom is 0.433 e. The Morgan fingerprint density at radius 3 is 2.33 bits per heavy atom. The number of pyridine rings is 1. The van der Waals surface area contributed by atoms with Crippen LogP contribution in [0.4, 0.5) is 13.2 Å². The van der Waals surface area contributed by atoms with Gasteiger partial charge >= 0.3 is 6.18 Å². The molecule has 0 spiro atoms. The van der Waals surface area contributed by atoms with Crippen LogP contribution in [0.25, 0.3) is 11.3 Å². The van der Waals surface area contributed by atoms with Gasteiger partial charge in [-0.05, 0) is 43.0 Å². The molecule has 228 valence electrons. The fraction of sp³-hybridized carbons (Fsp3) is 0.448. The van der Waals surface area contributed by atoms with Gasteiger partial charge in [0.1, 0.15) is 5.69 Å². The monoisotopic (exact) mass is 626 g/mol. The predicted octanol–water partition coefficient (Wildman–Crippen LogP) is 6.56. The van der Waals surface area contributed by atoms with Gasteiger partial charge in [-0.2, -0.15) is 13.2 Å². The molecule has 1 aromatic carbocycles. The van der Waals surface area contributed by atoms with Gasteiger partial charge in [-0.15, -0.1) is 0 Å². The van der Waals surface area contributed by atoms with Crippen molar-refractivity contribution in [2.45, 2.75) is 57.4 Å². The smallest absolute Gasteiger partial charge is 0.433 e. The minimum atomic E-state index is -4.71. The Morgan fingerprint density at radius 1 is 1.02 bits per heavy atom. The van der Waals surface area contributed by atoms with Crippen LogP contribution in [0.15, 0.2) is 46.5 Å². The third kappa shape index (κ3) is 8.64. The summed E-state index contributed by atoms with van der Waals surface area (Å²) in [5, 5.41) is 0.228. The Bertz CT molecular complexity index is 1430. The van der Waals surface area contributed by atoms with E-state index in [1.54, 1.807) is 17.0 Å². The molecule has 0 bridgehead atoms. The third-order valence-electron chi connectivity index (χ3n) is 6.42. The van der Waals surface area contributed by atoms with Crippen molar-refractivity contribution in [1.82, 2.24) is 19.4 Å². The highest BCUT2D eigenvalue weighted by molar-refractivity contribution is 7.99. The van der Waals surface area contributed by atoms with E-state index >= 15 is 0 Å². The minimum absolute atomic E-state index is 0.000611. The number of carbonyl (C=O) groups is 1. The Morgan fingerprint density at radius 2 is 1.69 bits per heavy atom. The molecule has 3 aromatic rings. The molecule has 0 N–H and O–H groups in total. The number of methoxy groups -OCH3 is 2. The highest BCUT2D eigenvalue weighted by Gasteiger charge is 2.34. The summed E-state index contributed by atoms with van der Waals surface area (Å²) < 4.78 is 53.0.